The summed E-state index contributed by atoms with van der Waals surface area (Å²) in [6.45, 7) is 0.509. The molecule has 0 radical (unpaired) electrons. The molecule has 0 aromatic carbocycles. The molecule has 0 unspecified atom stereocenters. The van der Waals surface area contributed by atoms with Crippen LogP contribution >= 0.6 is 0 Å². The first-order valence-electron chi connectivity index (χ1n) is 5.70. The maximum atomic E-state index is 12.2. The maximum Gasteiger partial charge on any atom is 0.282 e. The molecular formula is C10H17N5O2S. The molecule has 0 amide bonds. The molecule has 1 atom stereocenters. The van der Waals surface area contributed by atoms with E-state index in [0.29, 0.717) is 12.2 Å². The number of nitrogens with two attached hydrogens (primary N) is 1. The first-order valence-corrected chi connectivity index (χ1v) is 7.10. The van der Waals surface area contributed by atoms with Crippen LogP contribution in [-0.4, -0.2) is 47.6 Å². The Kier molecular flexibility index (Phi) is 3.51. The molecule has 0 bridgehead atoms. The third-order valence-electron chi connectivity index (χ3n) is 3.00. The van der Waals surface area contributed by atoms with Gasteiger partial charge in [0.1, 0.15) is 0 Å². The average molecular weight is 271 g/mol. The second kappa shape index (κ2) is 4.79. The molecule has 2 heterocycles. The third kappa shape index (κ3) is 2.31. The van der Waals surface area contributed by atoms with Crippen molar-refractivity contribution in [3.05, 3.63) is 18.0 Å². The van der Waals surface area contributed by atoms with Gasteiger partial charge in [0.15, 0.2) is 0 Å². The van der Waals surface area contributed by atoms with E-state index in [-0.39, 0.29) is 12.0 Å². The molecule has 0 spiro atoms. The number of rotatable bonds is 3. The zero-order valence-electron chi connectivity index (χ0n) is 10.4. The highest BCUT2D eigenvalue weighted by Gasteiger charge is 2.37. The van der Waals surface area contributed by atoms with Gasteiger partial charge in [0.05, 0.1) is 11.7 Å². The van der Waals surface area contributed by atoms with Crippen LogP contribution in [0.15, 0.2) is 12.3 Å². The molecule has 100 valence electrons. The van der Waals surface area contributed by atoms with Gasteiger partial charge in [-0.15, -0.1) is 0 Å². The van der Waals surface area contributed by atoms with Crippen LogP contribution in [0.4, 0.5) is 5.95 Å². The van der Waals surface area contributed by atoms with Crippen LogP contribution in [0.3, 0.4) is 0 Å². The lowest BCUT2D eigenvalue weighted by molar-refractivity contribution is 0.358. The highest BCUT2D eigenvalue weighted by Crippen LogP contribution is 2.33. The molecule has 18 heavy (non-hydrogen) atoms. The van der Waals surface area contributed by atoms with Gasteiger partial charge in [0, 0.05) is 26.8 Å². The quantitative estimate of drug-likeness (QED) is 0.835. The highest BCUT2D eigenvalue weighted by molar-refractivity contribution is 7.86. The summed E-state index contributed by atoms with van der Waals surface area (Å²) in [6.07, 6.45) is 3.13. The number of hydrogen-bond donors (Lipinski definition) is 1. The Morgan fingerprint density at radius 2 is 2.22 bits per heavy atom. The largest absolute Gasteiger partial charge is 0.368 e. The van der Waals surface area contributed by atoms with Crippen LogP contribution in [0.1, 0.15) is 24.6 Å². The number of nitrogen functional groups attached to an aromatic ring is 1. The summed E-state index contributed by atoms with van der Waals surface area (Å²) in [5.74, 6) is 0.168. The van der Waals surface area contributed by atoms with Crippen molar-refractivity contribution in [2.75, 3.05) is 26.4 Å². The Morgan fingerprint density at radius 1 is 1.50 bits per heavy atom. The van der Waals surface area contributed by atoms with E-state index in [1.165, 1.54) is 22.7 Å². The van der Waals surface area contributed by atoms with Gasteiger partial charge >= 0.3 is 0 Å². The monoisotopic (exact) mass is 271 g/mol. The van der Waals surface area contributed by atoms with Crippen molar-refractivity contribution in [1.82, 2.24) is 18.6 Å². The second-order valence-electron chi connectivity index (χ2n) is 4.40. The van der Waals surface area contributed by atoms with Crippen molar-refractivity contribution in [3.8, 4) is 0 Å². The van der Waals surface area contributed by atoms with Crippen molar-refractivity contribution >= 4 is 16.2 Å². The molecule has 1 saturated heterocycles. The fraction of sp³-hybridized carbons (Fsp3) is 0.600. The lowest BCUT2D eigenvalue weighted by atomic mass is 10.1. The number of aromatic nitrogens is 2. The van der Waals surface area contributed by atoms with Gasteiger partial charge in [0.2, 0.25) is 5.95 Å². The van der Waals surface area contributed by atoms with Crippen LogP contribution in [0.2, 0.25) is 0 Å². The first kappa shape index (κ1) is 13.2. The second-order valence-corrected chi connectivity index (χ2v) is 6.49. The maximum absolute atomic E-state index is 12.2. The molecular weight excluding hydrogens is 254 g/mol. The number of hydrogen-bond acceptors (Lipinski definition) is 5. The van der Waals surface area contributed by atoms with E-state index < -0.39 is 10.2 Å². The smallest absolute Gasteiger partial charge is 0.282 e. The molecule has 8 heteroatoms. The van der Waals surface area contributed by atoms with E-state index in [2.05, 4.69) is 9.97 Å². The van der Waals surface area contributed by atoms with Crippen LogP contribution in [0.5, 0.6) is 0 Å². The van der Waals surface area contributed by atoms with Crippen molar-refractivity contribution in [2.24, 2.45) is 0 Å². The molecule has 0 aliphatic carbocycles. The van der Waals surface area contributed by atoms with Gasteiger partial charge in [-0.25, -0.2) is 9.97 Å². The molecule has 1 aromatic rings. The third-order valence-corrected chi connectivity index (χ3v) is 4.95. The van der Waals surface area contributed by atoms with Crippen LogP contribution in [-0.2, 0) is 10.2 Å². The Bertz CT molecular complexity index is 531. The molecule has 7 nitrogen and oxygen atoms in total. The van der Waals surface area contributed by atoms with Gasteiger partial charge in [0.25, 0.3) is 10.2 Å². The zero-order chi connectivity index (χ0) is 13.3. The van der Waals surface area contributed by atoms with Gasteiger partial charge in [-0.1, -0.05) is 0 Å². The van der Waals surface area contributed by atoms with Crippen LogP contribution < -0.4 is 5.73 Å². The lowest BCUT2D eigenvalue weighted by Crippen LogP contribution is -2.39. The summed E-state index contributed by atoms with van der Waals surface area (Å²) in [5.41, 5.74) is 6.20. The van der Waals surface area contributed by atoms with E-state index in [1.54, 1.807) is 12.3 Å². The summed E-state index contributed by atoms with van der Waals surface area (Å²) in [5, 5.41) is 0. The van der Waals surface area contributed by atoms with Crippen LogP contribution in [0.25, 0.3) is 0 Å². The standard InChI is InChI=1S/C10H17N5O2S/c1-14(2)18(16,17)15-7-3-4-9(15)8-5-6-12-10(11)13-8/h5-6,9H,3-4,7H2,1-2H3,(H2,11,12,13)/t9-/m1/s1. The molecule has 1 aromatic heterocycles. The molecule has 2 rings (SSSR count). The number of anilines is 1. The van der Waals surface area contributed by atoms with Gasteiger partial charge in [-0.05, 0) is 18.9 Å². The van der Waals surface area contributed by atoms with E-state index in [9.17, 15) is 8.42 Å². The summed E-state index contributed by atoms with van der Waals surface area (Å²) in [4.78, 5) is 7.94. The highest BCUT2D eigenvalue weighted by atomic mass is 32.2. The van der Waals surface area contributed by atoms with Crippen molar-refractivity contribution in [1.29, 1.82) is 0 Å². The van der Waals surface area contributed by atoms with Gasteiger partial charge in [-0.2, -0.15) is 17.0 Å². The molecule has 2 N–H and O–H groups in total. The minimum atomic E-state index is -3.42. The fourth-order valence-electron chi connectivity index (χ4n) is 2.10. The summed E-state index contributed by atoms with van der Waals surface area (Å²) >= 11 is 0. The van der Waals surface area contributed by atoms with Gasteiger partial charge < -0.3 is 5.73 Å². The molecule has 1 fully saturated rings. The van der Waals surface area contributed by atoms with Gasteiger partial charge in [-0.3, -0.25) is 0 Å². The summed E-state index contributed by atoms with van der Waals surface area (Å²) < 4.78 is 27.0. The lowest BCUT2D eigenvalue weighted by Gasteiger charge is -2.26. The minimum Gasteiger partial charge on any atom is -0.368 e. The number of nitrogens with zero attached hydrogens (tertiary/aromatic N) is 4. The normalized spacial score (nSPS) is 21.6. The molecule has 1 aliphatic heterocycles. The van der Waals surface area contributed by atoms with Crippen molar-refractivity contribution in [3.63, 3.8) is 0 Å². The van der Waals surface area contributed by atoms with Crippen LogP contribution in [0, 0.1) is 0 Å². The fourth-order valence-corrected chi connectivity index (χ4v) is 3.41. The minimum absolute atomic E-state index is 0.168. The van der Waals surface area contributed by atoms with Crippen molar-refractivity contribution in [2.45, 2.75) is 18.9 Å². The zero-order valence-corrected chi connectivity index (χ0v) is 11.3. The summed E-state index contributed by atoms with van der Waals surface area (Å²) in [7, 11) is -0.368. The average Bonchev–Trinajstić information content (AvgIpc) is 2.78. The van der Waals surface area contributed by atoms with E-state index in [1.807, 2.05) is 0 Å². The predicted octanol–water partition coefficient (Wildman–Crippen LogP) is 0.00210. The molecule has 1 aliphatic rings. The molecule has 0 saturated carbocycles. The SMILES string of the molecule is CN(C)S(=O)(=O)N1CCC[C@@H]1c1ccnc(N)n1. The van der Waals surface area contributed by atoms with Crippen molar-refractivity contribution < 1.29 is 8.42 Å². The van der Waals surface area contributed by atoms with E-state index >= 15 is 0 Å². The predicted molar refractivity (Wildman–Crippen MR) is 67.7 cm³/mol. The topological polar surface area (TPSA) is 92.4 Å². The van der Waals surface area contributed by atoms with E-state index in [0.717, 1.165) is 12.8 Å². The Labute approximate surface area is 107 Å². The first-order chi connectivity index (χ1) is 8.43. The Balaban J connectivity index is 2.34. The summed E-state index contributed by atoms with van der Waals surface area (Å²) in [6, 6.07) is 1.47. The Morgan fingerprint density at radius 3 is 2.83 bits per heavy atom. The Hall–Kier alpha value is -1.25. The van der Waals surface area contributed by atoms with E-state index in [4.69, 9.17) is 5.73 Å².